The first-order chi connectivity index (χ1) is 8.66. The van der Waals surface area contributed by atoms with Crippen molar-refractivity contribution in [3.63, 3.8) is 0 Å². The SMILES string of the molecule is CC(C)C(=S)Nc1cccc(-c2ccccc2)c1. The highest BCUT2D eigenvalue weighted by Crippen LogP contribution is 2.22. The molecule has 0 atom stereocenters. The molecular formula is C16H17NS. The van der Waals surface area contributed by atoms with Crippen molar-refractivity contribution < 1.29 is 0 Å². The maximum Gasteiger partial charge on any atom is 0.0823 e. The van der Waals surface area contributed by atoms with Crippen molar-refractivity contribution in [1.29, 1.82) is 0 Å². The molecule has 18 heavy (non-hydrogen) atoms. The molecule has 0 saturated carbocycles. The van der Waals surface area contributed by atoms with Crippen LogP contribution in [0.25, 0.3) is 11.1 Å². The van der Waals surface area contributed by atoms with E-state index in [-0.39, 0.29) is 0 Å². The number of benzene rings is 2. The van der Waals surface area contributed by atoms with Crippen molar-refractivity contribution in [2.75, 3.05) is 5.32 Å². The van der Waals surface area contributed by atoms with Crippen LogP contribution in [0.2, 0.25) is 0 Å². The fraction of sp³-hybridized carbons (Fsp3) is 0.188. The van der Waals surface area contributed by atoms with Crippen molar-refractivity contribution in [2.24, 2.45) is 5.92 Å². The smallest absolute Gasteiger partial charge is 0.0823 e. The van der Waals surface area contributed by atoms with E-state index in [4.69, 9.17) is 12.2 Å². The first kappa shape index (κ1) is 12.8. The molecule has 0 aromatic heterocycles. The minimum Gasteiger partial charge on any atom is -0.350 e. The average molecular weight is 255 g/mol. The Balaban J connectivity index is 2.23. The Labute approximate surface area is 114 Å². The maximum absolute atomic E-state index is 5.31. The summed E-state index contributed by atoms with van der Waals surface area (Å²) < 4.78 is 0. The normalized spacial score (nSPS) is 10.4. The maximum atomic E-state index is 5.31. The molecule has 0 unspecified atom stereocenters. The fourth-order valence-electron chi connectivity index (χ4n) is 1.69. The summed E-state index contributed by atoms with van der Waals surface area (Å²) >= 11 is 5.31. The van der Waals surface area contributed by atoms with Crippen molar-refractivity contribution in [3.8, 4) is 11.1 Å². The lowest BCUT2D eigenvalue weighted by atomic mass is 10.1. The van der Waals surface area contributed by atoms with Gasteiger partial charge in [0.1, 0.15) is 0 Å². The Bertz CT molecular complexity index is 532. The molecule has 2 heteroatoms. The third-order valence-corrected chi connectivity index (χ3v) is 3.34. The van der Waals surface area contributed by atoms with E-state index in [2.05, 4.69) is 43.4 Å². The van der Waals surface area contributed by atoms with Gasteiger partial charge in [0.25, 0.3) is 0 Å². The van der Waals surface area contributed by atoms with Gasteiger partial charge in [0.2, 0.25) is 0 Å². The quantitative estimate of drug-likeness (QED) is 0.794. The molecule has 0 bridgehead atoms. The van der Waals surface area contributed by atoms with E-state index < -0.39 is 0 Å². The summed E-state index contributed by atoms with van der Waals surface area (Å²) in [5.74, 6) is 0.361. The molecule has 0 aliphatic carbocycles. The van der Waals surface area contributed by atoms with Crippen LogP contribution in [0.1, 0.15) is 13.8 Å². The number of hydrogen-bond acceptors (Lipinski definition) is 1. The van der Waals surface area contributed by atoms with Crippen LogP contribution in [0.4, 0.5) is 5.69 Å². The molecule has 0 spiro atoms. The van der Waals surface area contributed by atoms with Gasteiger partial charge in [0, 0.05) is 11.6 Å². The Morgan fingerprint density at radius 3 is 2.28 bits per heavy atom. The van der Waals surface area contributed by atoms with E-state index in [0.717, 1.165) is 10.7 Å². The standard InChI is InChI=1S/C16H17NS/c1-12(2)16(18)17-15-10-6-9-14(11-15)13-7-4-3-5-8-13/h3-12H,1-2H3,(H,17,18). The molecule has 92 valence electrons. The first-order valence-electron chi connectivity index (χ1n) is 6.13. The summed E-state index contributed by atoms with van der Waals surface area (Å²) in [6, 6.07) is 18.7. The summed E-state index contributed by atoms with van der Waals surface area (Å²) in [6.07, 6.45) is 0. The topological polar surface area (TPSA) is 12.0 Å². The van der Waals surface area contributed by atoms with Crippen LogP contribution in [0.15, 0.2) is 54.6 Å². The van der Waals surface area contributed by atoms with Crippen LogP contribution < -0.4 is 5.32 Å². The molecule has 2 aromatic rings. The van der Waals surface area contributed by atoms with E-state index in [1.54, 1.807) is 0 Å². The second kappa shape index (κ2) is 5.78. The molecule has 2 rings (SSSR count). The summed E-state index contributed by atoms with van der Waals surface area (Å²) in [5.41, 5.74) is 3.47. The lowest BCUT2D eigenvalue weighted by Crippen LogP contribution is -2.15. The van der Waals surface area contributed by atoms with Gasteiger partial charge in [-0.2, -0.15) is 0 Å². The van der Waals surface area contributed by atoms with Gasteiger partial charge in [-0.15, -0.1) is 0 Å². The zero-order chi connectivity index (χ0) is 13.0. The van der Waals surface area contributed by atoms with Gasteiger partial charge >= 0.3 is 0 Å². The van der Waals surface area contributed by atoms with E-state index in [1.807, 2.05) is 30.3 Å². The highest BCUT2D eigenvalue weighted by Gasteiger charge is 2.03. The van der Waals surface area contributed by atoms with Crippen molar-refractivity contribution in [3.05, 3.63) is 54.6 Å². The van der Waals surface area contributed by atoms with E-state index in [0.29, 0.717) is 5.92 Å². The third-order valence-electron chi connectivity index (χ3n) is 2.76. The van der Waals surface area contributed by atoms with E-state index >= 15 is 0 Å². The fourth-order valence-corrected chi connectivity index (χ4v) is 1.81. The molecule has 0 amide bonds. The minimum atomic E-state index is 0.361. The van der Waals surface area contributed by atoms with Gasteiger partial charge in [0.05, 0.1) is 4.99 Å². The second-order valence-corrected chi connectivity index (χ2v) is 5.03. The monoisotopic (exact) mass is 255 g/mol. The largest absolute Gasteiger partial charge is 0.350 e. The van der Waals surface area contributed by atoms with E-state index in [1.165, 1.54) is 11.1 Å². The molecule has 1 N–H and O–H groups in total. The zero-order valence-corrected chi connectivity index (χ0v) is 11.5. The van der Waals surface area contributed by atoms with Gasteiger partial charge in [-0.3, -0.25) is 0 Å². The Hall–Kier alpha value is -1.67. The molecule has 1 nitrogen and oxygen atoms in total. The zero-order valence-electron chi connectivity index (χ0n) is 10.7. The van der Waals surface area contributed by atoms with Crippen molar-refractivity contribution in [2.45, 2.75) is 13.8 Å². The Kier molecular flexibility index (Phi) is 4.11. The molecule has 0 fully saturated rings. The predicted octanol–water partition coefficient (Wildman–Crippen LogP) is 4.75. The highest BCUT2D eigenvalue weighted by molar-refractivity contribution is 7.80. The number of rotatable bonds is 3. The number of thiocarbonyl (C=S) groups is 1. The second-order valence-electron chi connectivity index (χ2n) is 4.59. The average Bonchev–Trinajstić information content (AvgIpc) is 2.40. The predicted molar refractivity (Wildman–Crippen MR) is 82.9 cm³/mol. The summed E-state index contributed by atoms with van der Waals surface area (Å²) in [7, 11) is 0. The lowest BCUT2D eigenvalue weighted by Gasteiger charge is -2.12. The van der Waals surface area contributed by atoms with Gasteiger partial charge in [-0.25, -0.2) is 0 Å². The summed E-state index contributed by atoms with van der Waals surface area (Å²) in [6.45, 7) is 4.19. The summed E-state index contributed by atoms with van der Waals surface area (Å²) in [4.78, 5) is 0.875. The summed E-state index contributed by atoms with van der Waals surface area (Å²) in [5, 5.41) is 3.28. The van der Waals surface area contributed by atoms with Crippen LogP contribution >= 0.6 is 12.2 Å². The Morgan fingerprint density at radius 2 is 1.61 bits per heavy atom. The molecule has 0 saturated heterocycles. The third kappa shape index (κ3) is 3.17. The molecule has 2 aromatic carbocycles. The number of nitrogens with one attached hydrogen (secondary N) is 1. The van der Waals surface area contributed by atoms with Gasteiger partial charge < -0.3 is 5.32 Å². The van der Waals surface area contributed by atoms with Crippen LogP contribution in [0.3, 0.4) is 0 Å². The van der Waals surface area contributed by atoms with Crippen molar-refractivity contribution >= 4 is 22.9 Å². The van der Waals surface area contributed by atoms with Gasteiger partial charge in [0.15, 0.2) is 0 Å². The molecule has 0 aliphatic heterocycles. The molecule has 0 aliphatic rings. The van der Waals surface area contributed by atoms with Crippen molar-refractivity contribution in [1.82, 2.24) is 0 Å². The highest BCUT2D eigenvalue weighted by atomic mass is 32.1. The van der Waals surface area contributed by atoms with Crippen LogP contribution in [0.5, 0.6) is 0 Å². The molecular weight excluding hydrogens is 238 g/mol. The van der Waals surface area contributed by atoms with Gasteiger partial charge in [-0.1, -0.05) is 68.5 Å². The minimum absolute atomic E-state index is 0.361. The molecule has 0 radical (unpaired) electrons. The number of anilines is 1. The lowest BCUT2D eigenvalue weighted by molar-refractivity contribution is 0.898. The van der Waals surface area contributed by atoms with Gasteiger partial charge in [-0.05, 0) is 23.3 Å². The van der Waals surface area contributed by atoms with Crippen LogP contribution in [-0.2, 0) is 0 Å². The number of hydrogen-bond donors (Lipinski definition) is 1. The Morgan fingerprint density at radius 1 is 0.944 bits per heavy atom. The van der Waals surface area contributed by atoms with Crippen LogP contribution in [0, 0.1) is 5.92 Å². The molecule has 0 heterocycles. The van der Waals surface area contributed by atoms with E-state index in [9.17, 15) is 0 Å². The van der Waals surface area contributed by atoms with Crippen LogP contribution in [-0.4, -0.2) is 4.99 Å². The first-order valence-corrected chi connectivity index (χ1v) is 6.54.